The first kappa shape index (κ1) is 16.0. The smallest absolute Gasteiger partial charge is 0.231 e. The van der Waals surface area contributed by atoms with Crippen LogP contribution in [-0.4, -0.2) is 48.4 Å². The van der Waals surface area contributed by atoms with E-state index in [9.17, 15) is 0 Å². The van der Waals surface area contributed by atoms with Crippen molar-refractivity contribution < 1.29 is 9.47 Å². The Hall–Kier alpha value is -1.98. The molecule has 4 saturated heterocycles. The SMILES string of the molecule is Clc1cccnc1N1C[C@H](c2ccc3c(c2)OCO3)[C@H]2[C@@H]1C1CCN2CC1. The summed E-state index contributed by atoms with van der Waals surface area (Å²) in [7, 11) is 0. The highest BCUT2D eigenvalue weighted by molar-refractivity contribution is 6.32. The number of fused-ring (bicyclic) bond motifs is 3. The van der Waals surface area contributed by atoms with Crippen molar-refractivity contribution in [2.24, 2.45) is 5.92 Å². The van der Waals surface area contributed by atoms with Gasteiger partial charge in [0.25, 0.3) is 0 Å². The van der Waals surface area contributed by atoms with Crippen LogP contribution in [0.2, 0.25) is 5.02 Å². The summed E-state index contributed by atoms with van der Waals surface area (Å²) in [5, 5.41) is 0.749. The minimum atomic E-state index is 0.319. The first-order valence-corrected chi connectivity index (χ1v) is 10.2. The third-order valence-electron chi connectivity index (χ3n) is 6.83. The van der Waals surface area contributed by atoms with Crippen LogP contribution in [0.4, 0.5) is 5.82 Å². The molecule has 2 bridgehead atoms. The Morgan fingerprint density at radius 3 is 2.74 bits per heavy atom. The normalized spacial score (nSPS) is 33.4. The second kappa shape index (κ2) is 6.01. The lowest BCUT2D eigenvalue weighted by atomic mass is 9.75. The van der Waals surface area contributed by atoms with Gasteiger partial charge in [0.05, 0.1) is 5.02 Å². The first-order valence-electron chi connectivity index (χ1n) is 9.80. The van der Waals surface area contributed by atoms with Crippen molar-refractivity contribution in [3.63, 3.8) is 0 Å². The van der Waals surface area contributed by atoms with Crippen molar-refractivity contribution in [3.05, 3.63) is 47.1 Å². The van der Waals surface area contributed by atoms with Gasteiger partial charge in [0.15, 0.2) is 11.5 Å². The van der Waals surface area contributed by atoms with Crippen LogP contribution in [0.15, 0.2) is 36.5 Å². The average molecular weight is 384 g/mol. The van der Waals surface area contributed by atoms with Crippen LogP contribution in [0.3, 0.4) is 0 Å². The molecule has 5 aliphatic heterocycles. The number of hydrogen-bond donors (Lipinski definition) is 0. The van der Waals surface area contributed by atoms with E-state index in [0.29, 0.717) is 24.8 Å². The van der Waals surface area contributed by atoms with E-state index in [1.165, 1.54) is 31.5 Å². The zero-order chi connectivity index (χ0) is 18.0. The average Bonchev–Trinajstić information content (AvgIpc) is 3.34. The number of piperidine rings is 3. The molecule has 6 heterocycles. The van der Waals surface area contributed by atoms with E-state index in [-0.39, 0.29) is 0 Å². The topological polar surface area (TPSA) is 37.8 Å². The fraction of sp³-hybridized carbons (Fsp3) is 0.476. The minimum absolute atomic E-state index is 0.319. The lowest BCUT2D eigenvalue weighted by molar-refractivity contribution is 0.0354. The van der Waals surface area contributed by atoms with Gasteiger partial charge in [-0.2, -0.15) is 0 Å². The molecular formula is C21H22ClN3O2. The third kappa shape index (κ3) is 2.38. The van der Waals surface area contributed by atoms with E-state index in [2.05, 4.69) is 33.0 Å². The van der Waals surface area contributed by atoms with E-state index in [4.69, 9.17) is 21.1 Å². The second-order valence-electron chi connectivity index (χ2n) is 8.03. The van der Waals surface area contributed by atoms with E-state index < -0.39 is 0 Å². The third-order valence-corrected chi connectivity index (χ3v) is 7.13. The maximum Gasteiger partial charge on any atom is 0.231 e. The lowest BCUT2D eigenvalue weighted by Crippen LogP contribution is -2.60. The van der Waals surface area contributed by atoms with Gasteiger partial charge in [0, 0.05) is 30.7 Å². The Morgan fingerprint density at radius 1 is 1.04 bits per heavy atom. The summed E-state index contributed by atoms with van der Waals surface area (Å²) in [6, 6.07) is 11.3. The molecule has 0 unspecified atom stereocenters. The Kier molecular flexibility index (Phi) is 3.57. The molecule has 1 aromatic heterocycles. The predicted molar refractivity (Wildman–Crippen MR) is 104 cm³/mol. The van der Waals surface area contributed by atoms with E-state index in [0.717, 1.165) is 34.8 Å². The molecule has 0 amide bonds. The minimum Gasteiger partial charge on any atom is -0.454 e. The van der Waals surface area contributed by atoms with Crippen molar-refractivity contribution in [2.75, 3.05) is 31.3 Å². The number of hydrogen-bond acceptors (Lipinski definition) is 5. The zero-order valence-electron chi connectivity index (χ0n) is 15.1. The van der Waals surface area contributed by atoms with Crippen molar-refractivity contribution in [2.45, 2.75) is 30.8 Å². The fourth-order valence-corrected chi connectivity index (χ4v) is 5.92. The van der Waals surface area contributed by atoms with Crippen molar-refractivity contribution >= 4 is 17.4 Å². The quantitative estimate of drug-likeness (QED) is 0.793. The molecule has 0 spiro atoms. The molecule has 6 heteroatoms. The number of benzene rings is 1. The molecule has 0 saturated carbocycles. The highest BCUT2D eigenvalue weighted by atomic mass is 35.5. The number of rotatable bonds is 2. The van der Waals surface area contributed by atoms with Gasteiger partial charge in [-0.15, -0.1) is 0 Å². The molecule has 5 aliphatic rings. The van der Waals surface area contributed by atoms with Gasteiger partial charge in [-0.25, -0.2) is 4.98 Å². The summed E-state index contributed by atoms with van der Waals surface area (Å²) in [6.45, 7) is 3.67. The summed E-state index contributed by atoms with van der Waals surface area (Å²) < 4.78 is 11.2. The van der Waals surface area contributed by atoms with Crippen LogP contribution < -0.4 is 14.4 Å². The first-order chi connectivity index (χ1) is 13.3. The molecule has 4 fully saturated rings. The van der Waals surface area contributed by atoms with Crippen LogP contribution in [0.5, 0.6) is 11.5 Å². The Morgan fingerprint density at radius 2 is 1.89 bits per heavy atom. The van der Waals surface area contributed by atoms with Crippen molar-refractivity contribution in [3.8, 4) is 11.5 Å². The highest BCUT2D eigenvalue weighted by Crippen LogP contribution is 2.49. The molecule has 0 radical (unpaired) electrons. The summed E-state index contributed by atoms with van der Waals surface area (Å²) in [6.07, 6.45) is 4.40. The molecule has 27 heavy (non-hydrogen) atoms. The van der Waals surface area contributed by atoms with Crippen LogP contribution in [0.1, 0.15) is 24.3 Å². The number of pyridine rings is 1. The molecule has 1 aromatic carbocycles. The molecule has 140 valence electrons. The van der Waals surface area contributed by atoms with Crippen molar-refractivity contribution in [1.29, 1.82) is 0 Å². The van der Waals surface area contributed by atoms with E-state index in [1.54, 1.807) is 0 Å². The van der Waals surface area contributed by atoms with Gasteiger partial charge >= 0.3 is 0 Å². The van der Waals surface area contributed by atoms with Crippen LogP contribution >= 0.6 is 11.6 Å². The molecule has 5 nitrogen and oxygen atoms in total. The molecule has 0 N–H and O–H groups in total. The zero-order valence-corrected chi connectivity index (χ0v) is 15.8. The maximum absolute atomic E-state index is 6.55. The van der Waals surface area contributed by atoms with E-state index >= 15 is 0 Å². The summed E-state index contributed by atoms with van der Waals surface area (Å²) >= 11 is 6.55. The van der Waals surface area contributed by atoms with Gasteiger partial charge < -0.3 is 14.4 Å². The molecule has 7 rings (SSSR count). The number of nitrogens with zero attached hydrogens (tertiary/aromatic N) is 3. The van der Waals surface area contributed by atoms with E-state index in [1.807, 2.05) is 18.3 Å². The summed E-state index contributed by atoms with van der Waals surface area (Å²) in [5.74, 6) is 3.80. The van der Waals surface area contributed by atoms with Crippen LogP contribution in [0, 0.1) is 5.92 Å². The monoisotopic (exact) mass is 383 g/mol. The molecular weight excluding hydrogens is 362 g/mol. The number of halogens is 1. The lowest BCUT2D eigenvalue weighted by Gasteiger charge is -2.51. The van der Waals surface area contributed by atoms with Gasteiger partial charge in [-0.05, 0) is 61.7 Å². The molecule has 3 atom stereocenters. The number of ether oxygens (including phenoxy) is 2. The molecule has 0 aliphatic carbocycles. The fourth-order valence-electron chi connectivity index (χ4n) is 5.69. The number of aromatic nitrogens is 1. The predicted octanol–water partition coefficient (Wildman–Crippen LogP) is 3.53. The van der Waals surface area contributed by atoms with Gasteiger partial charge in [-0.3, -0.25) is 4.90 Å². The maximum atomic E-state index is 6.55. The Bertz CT molecular complexity index is 883. The van der Waals surface area contributed by atoms with Crippen molar-refractivity contribution in [1.82, 2.24) is 9.88 Å². The summed E-state index contributed by atoms with van der Waals surface area (Å²) in [5.41, 5.74) is 1.33. The largest absolute Gasteiger partial charge is 0.454 e. The van der Waals surface area contributed by atoms with Crippen LogP contribution in [0.25, 0.3) is 0 Å². The van der Waals surface area contributed by atoms with Gasteiger partial charge in [0.2, 0.25) is 6.79 Å². The highest BCUT2D eigenvalue weighted by Gasteiger charge is 2.54. The Labute approximate surface area is 163 Å². The second-order valence-corrected chi connectivity index (χ2v) is 8.44. The Balaban J connectivity index is 1.43. The van der Waals surface area contributed by atoms with Gasteiger partial charge in [-0.1, -0.05) is 17.7 Å². The molecule has 2 aromatic rings. The standard InChI is InChI=1S/C21H22ClN3O2/c22-16-2-1-7-23-21(16)25-11-15(14-3-4-17-18(10-14)27-12-26-17)20-19(25)13-5-8-24(20)9-6-13/h1-4,7,10,13,15,19-20H,5-6,8-9,11-12H2/t15-,19+,20+/m1/s1. The van der Waals surface area contributed by atoms with Gasteiger partial charge in [0.1, 0.15) is 5.82 Å². The number of anilines is 1. The summed E-state index contributed by atoms with van der Waals surface area (Å²) in [4.78, 5) is 9.83. The van der Waals surface area contributed by atoms with Crippen LogP contribution in [-0.2, 0) is 0 Å².